The van der Waals surface area contributed by atoms with Gasteiger partial charge in [-0.15, -0.1) is 18.3 Å². The van der Waals surface area contributed by atoms with Gasteiger partial charge in [-0.05, 0) is 62.1 Å². The monoisotopic (exact) mass is 748 g/mol. The number of fused-ring (bicyclic) bond motifs is 2. The number of hydrogen-bond acceptors (Lipinski definition) is 8. The number of amides is 3. The minimum absolute atomic E-state index is 0.0486. The van der Waals surface area contributed by atoms with Gasteiger partial charge < -0.3 is 29.3 Å². The molecule has 0 aliphatic carbocycles. The van der Waals surface area contributed by atoms with Gasteiger partial charge in [0.2, 0.25) is 17.7 Å². The number of benzene rings is 2. The highest BCUT2D eigenvalue weighted by atomic mass is 79.9. The summed E-state index contributed by atoms with van der Waals surface area (Å²) < 4.78 is 14.1. The van der Waals surface area contributed by atoms with Gasteiger partial charge in [-0.1, -0.05) is 59.3 Å². The Morgan fingerprint density at radius 2 is 1.86 bits per heavy atom. The molecule has 0 saturated carbocycles. The second-order valence-electron chi connectivity index (χ2n) is 13.6. The van der Waals surface area contributed by atoms with E-state index in [-0.39, 0.29) is 54.8 Å². The van der Waals surface area contributed by atoms with Gasteiger partial charge >= 0.3 is 0 Å². The van der Waals surface area contributed by atoms with Crippen LogP contribution in [0.4, 0.5) is 5.69 Å². The summed E-state index contributed by atoms with van der Waals surface area (Å²) in [5.41, 5.74) is 0.741. The van der Waals surface area contributed by atoms with E-state index < -0.39 is 35.6 Å². The van der Waals surface area contributed by atoms with E-state index >= 15 is 4.79 Å². The molecule has 0 radical (unpaired) electrons. The Morgan fingerprint density at radius 3 is 2.52 bits per heavy atom. The van der Waals surface area contributed by atoms with E-state index in [2.05, 4.69) is 39.4 Å². The van der Waals surface area contributed by atoms with Gasteiger partial charge in [0.1, 0.15) is 29.6 Å². The highest BCUT2D eigenvalue weighted by molar-refractivity contribution is 9.09. The average molecular weight is 750 g/mol. The first kappa shape index (κ1) is 35.7. The van der Waals surface area contributed by atoms with Crippen LogP contribution in [0, 0.1) is 17.8 Å². The maximum absolute atomic E-state index is 15.0. The molecule has 3 unspecified atom stereocenters. The molecule has 3 amide bonds. The summed E-state index contributed by atoms with van der Waals surface area (Å²) in [4.78, 5) is 49.1. The second-order valence-corrected chi connectivity index (χ2v) is 14.8. The number of alkyl halides is 1. The van der Waals surface area contributed by atoms with E-state index in [1.54, 1.807) is 38.8 Å². The van der Waals surface area contributed by atoms with Crippen molar-refractivity contribution in [2.24, 2.45) is 17.8 Å². The van der Waals surface area contributed by atoms with Crippen LogP contribution in [-0.4, -0.2) is 103 Å². The van der Waals surface area contributed by atoms with Crippen LogP contribution in [0.3, 0.4) is 0 Å². The number of aliphatic hydroxyl groups excluding tert-OH is 1. The molecule has 3 aliphatic rings. The Bertz CT molecular complexity index is 1750. The van der Waals surface area contributed by atoms with Crippen molar-refractivity contribution in [3.8, 4) is 5.75 Å². The van der Waals surface area contributed by atoms with Crippen molar-refractivity contribution in [2.45, 2.75) is 68.9 Å². The van der Waals surface area contributed by atoms with E-state index in [4.69, 9.17) is 9.47 Å². The van der Waals surface area contributed by atoms with Gasteiger partial charge in [0.25, 0.3) is 0 Å². The smallest absolute Gasteiger partial charge is 0.250 e. The highest BCUT2D eigenvalue weighted by Crippen LogP contribution is 2.61. The van der Waals surface area contributed by atoms with E-state index in [0.29, 0.717) is 36.4 Å². The summed E-state index contributed by atoms with van der Waals surface area (Å²) in [6, 6.07) is 12.9. The van der Waals surface area contributed by atoms with Crippen molar-refractivity contribution in [1.29, 1.82) is 0 Å². The third-order valence-electron chi connectivity index (χ3n) is 10.0. The molecule has 6 rings (SSSR count). The zero-order valence-corrected chi connectivity index (χ0v) is 30.3. The normalized spacial score (nSPS) is 25.9. The van der Waals surface area contributed by atoms with Crippen LogP contribution in [-0.2, 0) is 25.8 Å². The van der Waals surface area contributed by atoms with Crippen LogP contribution in [0.2, 0.25) is 0 Å². The van der Waals surface area contributed by atoms with Crippen molar-refractivity contribution in [2.75, 3.05) is 31.2 Å². The number of rotatable bonds is 15. The number of halogens is 1. The van der Waals surface area contributed by atoms with Crippen molar-refractivity contribution >= 4 is 50.4 Å². The van der Waals surface area contributed by atoms with Gasteiger partial charge in [-0.25, -0.2) is 4.68 Å². The van der Waals surface area contributed by atoms with Crippen LogP contribution < -0.4 is 9.64 Å². The zero-order valence-electron chi connectivity index (χ0n) is 28.7. The molecule has 7 atom stereocenters. The number of likely N-dealkylation sites (tertiary alicyclic amines) is 1. The number of aromatic nitrogens is 3. The lowest BCUT2D eigenvalue weighted by atomic mass is 9.70. The van der Waals surface area contributed by atoms with E-state index in [9.17, 15) is 14.7 Å². The fourth-order valence-electron chi connectivity index (χ4n) is 8.09. The standard InChI is InChI=1S/C37H45BrN6O6/c1-6-17-41(22-43-29-12-10-9-11-28(29)39-40-43)36(48)33-37-20-27(38)32(50-37)30(31(37)35(47)44(33)25(21-45)19-23(4)5)34(46)42(18-7-2)24-13-15-26(16-14-24)49-8-3/h6-7,9-16,23,25,27,30-33,45H,1-2,8,17-22H2,3-5H3/t25-,27?,30-,31+,32-,33?,37?/m1/s1. The first-order valence-corrected chi connectivity index (χ1v) is 18.1. The molecule has 13 heteroatoms. The van der Waals surface area contributed by atoms with Crippen molar-refractivity contribution in [3.05, 3.63) is 73.8 Å². The minimum Gasteiger partial charge on any atom is -0.494 e. The Hall–Kier alpha value is -4.07. The second kappa shape index (κ2) is 14.7. The molecule has 2 bridgehead atoms. The minimum atomic E-state index is -1.32. The van der Waals surface area contributed by atoms with Gasteiger partial charge in [0.05, 0.1) is 42.7 Å². The molecule has 2 aromatic carbocycles. The molecule has 4 heterocycles. The molecule has 12 nitrogen and oxygen atoms in total. The molecular weight excluding hydrogens is 704 g/mol. The molecule has 1 spiro atoms. The summed E-state index contributed by atoms with van der Waals surface area (Å²) in [6.45, 7) is 14.3. The number of carbonyl (C=O) groups is 3. The topological polar surface area (TPSA) is 130 Å². The lowest BCUT2D eigenvalue weighted by Gasteiger charge is -2.39. The van der Waals surface area contributed by atoms with Crippen molar-refractivity contribution in [3.63, 3.8) is 0 Å². The average Bonchev–Trinajstić information content (AvgIpc) is 3.83. The number of nitrogens with zero attached hydrogens (tertiary/aromatic N) is 6. The first-order valence-electron chi connectivity index (χ1n) is 17.2. The molecular formula is C37H45BrN6O6. The van der Waals surface area contributed by atoms with E-state index in [1.807, 2.05) is 57.2 Å². The highest BCUT2D eigenvalue weighted by Gasteiger charge is 2.77. The third-order valence-corrected chi connectivity index (χ3v) is 10.9. The van der Waals surface area contributed by atoms with Crippen molar-refractivity contribution < 1.29 is 29.0 Å². The van der Waals surface area contributed by atoms with Crippen LogP contribution in [0.15, 0.2) is 73.8 Å². The number of aliphatic hydroxyl groups is 1. The van der Waals surface area contributed by atoms with Crippen LogP contribution in [0.5, 0.6) is 5.75 Å². The van der Waals surface area contributed by atoms with Crippen LogP contribution >= 0.6 is 15.9 Å². The number of hydrogen-bond donors (Lipinski definition) is 1. The fraction of sp³-hybridized carbons (Fsp3) is 0.486. The summed E-state index contributed by atoms with van der Waals surface area (Å²) >= 11 is 3.79. The van der Waals surface area contributed by atoms with E-state index in [0.717, 1.165) is 5.52 Å². The Morgan fingerprint density at radius 1 is 1.14 bits per heavy atom. The van der Waals surface area contributed by atoms with Crippen molar-refractivity contribution in [1.82, 2.24) is 24.8 Å². The quantitative estimate of drug-likeness (QED) is 0.181. The largest absolute Gasteiger partial charge is 0.494 e. The van der Waals surface area contributed by atoms with Gasteiger partial charge in [-0.3, -0.25) is 14.4 Å². The number of anilines is 1. The molecule has 3 aromatic rings. The van der Waals surface area contributed by atoms with Gasteiger partial charge in [-0.2, -0.15) is 0 Å². The Labute approximate surface area is 300 Å². The Kier molecular flexibility index (Phi) is 10.5. The summed E-state index contributed by atoms with van der Waals surface area (Å²) in [5.74, 6) is -2.08. The predicted molar refractivity (Wildman–Crippen MR) is 192 cm³/mol. The lowest BCUT2D eigenvalue weighted by Crippen LogP contribution is -2.59. The van der Waals surface area contributed by atoms with Crippen LogP contribution in [0.25, 0.3) is 11.0 Å². The SMILES string of the molecule is C=CCN(Cn1nnc2ccccc21)C(=O)C1N([C@@H](CO)CC(C)C)C(=O)[C@@H]2[C@@H](C(=O)N(CC=C)c3ccc(OCC)cc3)[C@@H]3OC12CC3Br. The Balaban J connectivity index is 1.41. The van der Waals surface area contributed by atoms with E-state index in [1.165, 1.54) is 4.90 Å². The first-order chi connectivity index (χ1) is 24.1. The maximum atomic E-state index is 15.0. The van der Waals surface area contributed by atoms with Gasteiger partial charge in [0.15, 0.2) is 0 Å². The third kappa shape index (κ3) is 6.13. The lowest BCUT2D eigenvalue weighted by molar-refractivity contribution is -0.152. The molecule has 3 fully saturated rings. The molecule has 1 N–H and O–H groups in total. The molecule has 3 saturated heterocycles. The molecule has 3 aliphatic heterocycles. The molecule has 50 heavy (non-hydrogen) atoms. The zero-order chi connectivity index (χ0) is 35.7. The van der Waals surface area contributed by atoms with Crippen LogP contribution in [0.1, 0.15) is 33.6 Å². The summed E-state index contributed by atoms with van der Waals surface area (Å²) in [7, 11) is 0. The maximum Gasteiger partial charge on any atom is 0.250 e. The summed E-state index contributed by atoms with van der Waals surface area (Å²) in [5, 5.41) is 19.3. The number of para-hydroxylation sites is 1. The number of carbonyl (C=O) groups excluding carboxylic acids is 3. The number of ether oxygens (including phenoxy) is 2. The molecule has 1 aromatic heterocycles. The molecule has 266 valence electrons. The fourth-order valence-corrected chi connectivity index (χ4v) is 9.04. The summed E-state index contributed by atoms with van der Waals surface area (Å²) in [6.07, 6.45) is 3.40. The predicted octanol–water partition coefficient (Wildman–Crippen LogP) is 4.18. The van der Waals surface area contributed by atoms with Gasteiger partial charge in [0, 0.05) is 23.6 Å².